The van der Waals surface area contributed by atoms with Crippen molar-refractivity contribution in [3.63, 3.8) is 0 Å². The lowest BCUT2D eigenvalue weighted by Gasteiger charge is -2.28. The Kier molecular flexibility index (Phi) is 5.07. The Bertz CT molecular complexity index is 1130. The number of nitrogens with zero attached hydrogens (tertiary/aromatic N) is 2. The molecule has 3 heterocycles. The zero-order chi connectivity index (χ0) is 18.9. The van der Waals surface area contributed by atoms with Crippen LogP contribution in [0.25, 0.3) is 10.2 Å². The Balaban J connectivity index is 1.44. The van der Waals surface area contributed by atoms with E-state index in [1.165, 1.54) is 0 Å². The van der Waals surface area contributed by atoms with Gasteiger partial charge in [-0.3, -0.25) is 0 Å². The molecule has 0 aliphatic carbocycles. The maximum atomic E-state index is 6.28. The summed E-state index contributed by atoms with van der Waals surface area (Å²) in [5.41, 5.74) is 3.20. The van der Waals surface area contributed by atoms with E-state index < -0.39 is 0 Å². The monoisotopic (exact) mass is 470 g/mol. The first-order chi connectivity index (χ1) is 13.8. The molecule has 0 unspecified atom stereocenters. The van der Waals surface area contributed by atoms with Gasteiger partial charge in [0.1, 0.15) is 21.9 Å². The third kappa shape index (κ3) is 3.55. The predicted octanol–water partition coefficient (Wildman–Crippen LogP) is 6.35. The number of fused-ring (bicyclic) bond motifs is 2. The Morgan fingerprint density at radius 1 is 1.14 bits per heavy atom. The van der Waals surface area contributed by atoms with Crippen LogP contribution in [-0.4, -0.2) is 9.97 Å². The second-order valence-electron chi connectivity index (χ2n) is 6.33. The van der Waals surface area contributed by atoms with Gasteiger partial charge in [0, 0.05) is 32.3 Å². The second-order valence-corrected chi connectivity index (χ2v) is 9.11. The van der Waals surface area contributed by atoms with Crippen LogP contribution in [0.2, 0.25) is 0 Å². The van der Waals surface area contributed by atoms with Crippen LogP contribution in [0.15, 0.2) is 69.7 Å². The van der Waals surface area contributed by atoms with Crippen LogP contribution in [0.1, 0.15) is 23.0 Å². The molecule has 0 amide bonds. The standard InChI is InChI=1S/C21H15BrN2O2S2/c22-16-8-14-10-25-21(13-4-2-1-3-5-13)26-18(14)15(9-16)11-28-20-17-6-7-27-19(17)23-12-24-20/h1-9,12,21H,10-11H2/t21-/m1/s1. The number of thioether (sulfide) groups is 1. The molecule has 5 rings (SSSR count). The highest BCUT2D eigenvalue weighted by Gasteiger charge is 2.25. The van der Waals surface area contributed by atoms with E-state index in [4.69, 9.17) is 9.47 Å². The number of hydrogen-bond donors (Lipinski definition) is 0. The van der Waals surface area contributed by atoms with Crippen molar-refractivity contribution < 1.29 is 9.47 Å². The van der Waals surface area contributed by atoms with Crippen molar-refractivity contribution in [2.75, 3.05) is 0 Å². The van der Waals surface area contributed by atoms with Crippen molar-refractivity contribution in [1.29, 1.82) is 0 Å². The third-order valence-corrected chi connectivity index (χ3v) is 6.82. The summed E-state index contributed by atoms with van der Waals surface area (Å²) in [5.74, 6) is 1.66. The molecule has 140 valence electrons. The number of hydrogen-bond acceptors (Lipinski definition) is 6. The van der Waals surface area contributed by atoms with Crippen molar-refractivity contribution in [3.8, 4) is 5.75 Å². The minimum absolute atomic E-state index is 0.388. The van der Waals surface area contributed by atoms with Gasteiger partial charge < -0.3 is 9.47 Å². The first-order valence-corrected chi connectivity index (χ1v) is 11.4. The fourth-order valence-electron chi connectivity index (χ4n) is 3.19. The molecule has 2 aromatic carbocycles. The van der Waals surface area contributed by atoms with Crippen molar-refractivity contribution in [3.05, 3.63) is 81.4 Å². The van der Waals surface area contributed by atoms with Crippen molar-refractivity contribution in [2.45, 2.75) is 23.7 Å². The largest absolute Gasteiger partial charge is 0.460 e. The molecule has 1 aliphatic heterocycles. The Morgan fingerprint density at radius 3 is 2.93 bits per heavy atom. The summed E-state index contributed by atoms with van der Waals surface area (Å²) >= 11 is 6.95. The summed E-state index contributed by atoms with van der Waals surface area (Å²) in [6.07, 6.45) is 1.24. The summed E-state index contributed by atoms with van der Waals surface area (Å²) in [7, 11) is 0. The molecule has 0 spiro atoms. The number of benzene rings is 2. The van der Waals surface area contributed by atoms with Crippen LogP contribution in [-0.2, 0) is 17.1 Å². The molecular weight excluding hydrogens is 456 g/mol. The number of ether oxygens (including phenoxy) is 2. The van der Waals surface area contributed by atoms with Crippen LogP contribution in [0.5, 0.6) is 5.75 Å². The van der Waals surface area contributed by atoms with Crippen LogP contribution in [0.3, 0.4) is 0 Å². The lowest BCUT2D eigenvalue weighted by molar-refractivity contribution is -0.111. The molecule has 0 N–H and O–H groups in total. The fourth-order valence-corrected chi connectivity index (χ4v) is 5.49. The minimum Gasteiger partial charge on any atom is -0.460 e. The van der Waals surface area contributed by atoms with E-state index in [2.05, 4.69) is 49.5 Å². The van der Waals surface area contributed by atoms with Gasteiger partial charge in [-0.15, -0.1) is 23.1 Å². The fraction of sp³-hybridized carbons (Fsp3) is 0.143. The van der Waals surface area contributed by atoms with Gasteiger partial charge in [0.15, 0.2) is 0 Å². The quantitative estimate of drug-likeness (QED) is 0.256. The van der Waals surface area contributed by atoms with Gasteiger partial charge in [0.05, 0.1) is 6.61 Å². The molecule has 4 aromatic rings. The van der Waals surface area contributed by atoms with E-state index in [0.717, 1.165) is 47.9 Å². The molecule has 0 saturated carbocycles. The van der Waals surface area contributed by atoms with E-state index in [-0.39, 0.29) is 6.29 Å². The second kappa shape index (κ2) is 7.83. The lowest BCUT2D eigenvalue weighted by Crippen LogP contribution is -2.19. The van der Waals surface area contributed by atoms with Gasteiger partial charge in [0.2, 0.25) is 6.29 Å². The zero-order valence-corrected chi connectivity index (χ0v) is 17.9. The maximum Gasteiger partial charge on any atom is 0.227 e. The summed E-state index contributed by atoms with van der Waals surface area (Å²) in [6.45, 7) is 0.522. The SMILES string of the molecule is Brc1cc2c(c(CSc3ncnc4sccc34)c1)O[C@H](c1ccccc1)OC2. The molecule has 28 heavy (non-hydrogen) atoms. The van der Waals surface area contributed by atoms with Crippen molar-refractivity contribution >= 4 is 49.2 Å². The smallest absolute Gasteiger partial charge is 0.227 e. The average molecular weight is 471 g/mol. The first kappa shape index (κ1) is 18.1. The Labute approximate surface area is 179 Å². The molecular formula is C21H15BrN2O2S2. The van der Waals surface area contributed by atoms with E-state index in [1.54, 1.807) is 29.4 Å². The first-order valence-electron chi connectivity index (χ1n) is 8.73. The molecule has 0 saturated heterocycles. The summed E-state index contributed by atoms with van der Waals surface area (Å²) < 4.78 is 13.2. The maximum absolute atomic E-state index is 6.28. The summed E-state index contributed by atoms with van der Waals surface area (Å²) in [4.78, 5) is 9.82. The highest BCUT2D eigenvalue weighted by molar-refractivity contribution is 9.10. The van der Waals surface area contributed by atoms with Crippen LogP contribution in [0, 0.1) is 0 Å². The van der Waals surface area contributed by atoms with Gasteiger partial charge in [-0.1, -0.05) is 46.3 Å². The third-order valence-electron chi connectivity index (χ3n) is 4.48. The molecule has 1 aliphatic rings. The lowest BCUT2D eigenvalue weighted by atomic mass is 10.1. The van der Waals surface area contributed by atoms with E-state index in [0.29, 0.717) is 6.61 Å². The van der Waals surface area contributed by atoms with Crippen molar-refractivity contribution in [1.82, 2.24) is 9.97 Å². The number of thiophene rings is 1. The average Bonchev–Trinajstić information content (AvgIpc) is 3.22. The summed E-state index contributed by atoms with van der Waals surface area (Å²) in [6, 6.07) is 16.3. The van der Waals surface area contributed by atoms with E-state index in [1.807, 2.05) is 30.3 Å². The minimum atomic E-state index is -0.388. The van der Waals surface area contributed by atoms with Gasteiger partial charge in [-0.25, -0.2) is 9.97 Å². The molecule has 1 atom stereocenters. The Morgan fingerprint density at radius 2 is 2.04 bits per heavy atom. The number of rotatable bonds is 4. The molecule has 2 aromatic heterocycles. The molecule has 0 bridgehead atoms. The molecule has 0 fully saturated rings. The normalized spacial score (nSPS) is 16.0. The van der Waals surface area contributed by atoms with Crippen LogP contribution in [0.4, 0.5) is 0 Å². The van der Waals surface area contributed by atoms with Crippen molar-refractivity contribution in [2.24, 2.45) is 0 Å². The predicted molar refractivity (Wildman–Crippen MR) is 116 cm³/mol. The van der Waals surface area contributed by atoms with Gasteiger partial charge in [-0.05, 0) is 23.6 Å². The zero-order valence-electron chi connectivity index (χ0n) is 14.7. The van der Waals surface area contributed by atoms with Gasteiger partial charge in [0.25, 0.3) is 0 Å². The van der Waals surface area contributed by atoms with Gasteiger partial charge >= 0.3 is 0 Å². The van der Waals surface area contributed by atoms with E-state index >= 15 is 0 Å². The Hall–Kier alpha value is -1.93. The number of halogens is 1. The van der Waals surface area contributed by atoms with Gasteiger partial charge in [-0.2, -0.15) is 0 Å². The van der Waals surface area contributed by atoms with E-state index in [9.17, 15) is 0 Å². The summed E-state index contributed by atoms with van der Waals surface area (Å²) in [5, 5.41) is 4.15. The number of aromatic nitrogens is 2. The molecule has 4 nitrogen and oxygen atoms in total. The topological polar surface area (TPSA) is 44.2 Å². The van der Waals surface area contributed by atoms with Crippen LogP contribution < -0.4 is 4.74 Å². The highest BCUT2D eigenvalue weighted by atomic mass is 79.9. The highest BCUT2D eigenvalue weighted by Crippen LogP contribution is 2.40. The van der Waals surface area contributed by atoms with Crippen LogP contribution >= 0.6 is 39.0 Å². The molecule has 7 heteroatoms. The molecule has 0 radical (unpaired) electrons.